The molecule has 7 heteroatoms. The lowest BCUT2D eigenvalue weighted by Gasteiger charge is -2.09. The standard InChI is InChI=1S/C14H18N4O2.C6H5Cl/c1-9-2-4-10(5-3-9)13(17)11(8-15)14(20)18-7-6-12(16)19;7-6-4-2-1-3-5-6/h2-5,8,15H,6-7,17H2,1H3,(H2,16,19)(H,18,20);1-5H/b13-11+,15-8?;. The molecule has 0 spiro atoms. The van der Waals surface area contributed by atoms with Crippen LogP contribution in [0.4, 0.5) is 0 Å². The Hall–Kier alpha value is -3.12. The van der Waals surface area contributed by atoms with Crippen molar-refractivity contribution in [1.29, 1.82) is 5.41 Å². The van der Waals surface area contributed by atoms with E-state index in [0.717, 1.165) is 16.8 Å². The Labute approximate surface area is 163 Å². The minimum Gasteiger partial charge on any atom is -0.398 e. The minimum atomic E-state index is -0.503. The van der Waals surface area contributed by atoms with E-state index >= 15 is 0 Å². The lowest BCUT2D eigenvalue weighted by Crippen LogP contribution is -2.30. The van der Waals surface area contributed by atoms with E-state index in [4.69, 9.17) is 28.5 Å². The molecule has 0 aromatic heterocycles. The van der Waals surface area contributed by atoms with Crippen LogP contribution >= 0.6 is 11.6 Å². The first kappa shape index (κ1) is 21.9. The number of halogens is 1. The molecule has 0 saturated carbocycles. The number of hydrogen-bond acceptors (Lipinski definition) is 4. The molecule has 0 atom stereocenters. The molecule has 0 unspecified atom stereocenters. The second-order valence-electron chi connectivity index (χ2n) is 5.61. The summed E-state index contributed by atoms with van der Waals surface area (Å²) in [4.78, 5) is 22.5. The molecular formula is C20H23ClN4O2. The molecule has 0 heterocycles. The van der Waals surface area contributed by atoms with Crippen LogP contribution in [0.2, 0.25) is 5.02 Å². The number of hydrogen-bond donors (Lipinski definition) is 4. The van der Waals surface area contributed by atoms with Crippen molar-refractivity contribution < 1.29 is 9.59 Å². The van der Waals surface area contributed by atoms with Gasteiger partial charge in [0.05, 0.1) is 11.3 Å². The summed E-state index contributed by atoms with van der Waals surface area (Å²) in [7, 11) is 0. The normalized spacial score (nSPS) is 10.7. The Morgan fingerprint density at radius 1 is 1.07 bits per heavy atom. The molecule has 27 heavy (non-hydrogen) atoms. The van der Waals surface area contributed by atoms with Crippen molar-refractivity contribution in [2.45, 2.75) is 13.3 Å². The molecule has 0 fully saturated rings. The quantitative estimate of drug-likeness (QED) is 0.450. The van der Waals surface area contributed by atoms with Crippen LogP contribution in [0, 0.1) is 12.3 Å². The maximum Gasteiger partial charge on any atom is 0.254 e. The third-order valence-corrected chi connectivity index (χ3v) is 3.68. The fourth-order valence-corrected chi connectivity index (χ4v) is 2.11. The topological polar surface area (TPSA) is 122 Å². The Morgan fingerprint density at radius 3 is 2.11 bits per heavy atom. The van der Waals surface area contributed by atoms with Crippen LogP contribution in [-0.2, 0) is 9.59 Å². The van der Waals surface area contributed by atoms with Crippen molar-refractivity contribution in [2.75, 3.05) is 6.54 Å². The van der Waals surface area contributed by atoms with Crippen molar-refractivity contribution in [1.82, 2.24) is 5.32 Å². The number of nitrogens with two attached hydrogens (primary N) is 2. The van der Waals surface area contributed by atoms with Crippen molar-refractivity contribution in [3.8, 4) is 0 Å². The number of benzene rings is 2. The van der Waals surface area contributed by atoms with Crippen molar-refractivity contribution >= 4 is 35.3 Å². The van der Waals surface area contributed by atoms with Gasteiger partial charge in [0.25, 0.3) is 5.91 Å². The van der Waals surface area contributed by atoms with E-state index in [0.29, 0.717) is 5.56 Å². The average Bonchev–Trinajstić information content (AvgIpc) is 2.63. The molecule has 0 radical (unpaired) electrons. The highest BCUT2D eigenvalue weighted by Crippen LogP contribution is 2.13. The van der Waals surface area contributed by atoms with Gasteiger partial charge in [-0.1, -0.05) is 59.6 Å². The number of rotatable bonds is 6. The molecular weight excluding hydrogens is 364 g/mol. The summed E-state index contributed by atoms with van der Waals surface area (Å²) in [5, 5.41) is 10.6. The maximum atomic E-state index is 11.9. The second kappa shape index (κ2) is 11.5. The smallest absolute Gasteiger partial charge is 0.254 e. The fraction of sp³-hybridized carbons (Fsp3) is 0.150. The molecule has 0 aliphatic carbocycles. The summed E-state index contributed by atoms with van der Waals surface area (Å²) in [6.07, 6.45) is 0.941. The van der Waals surface area contributed by atoms with Crippen molar-refractivity contribution in [3.05, 3.63) is 76.3 Å². The van der Waals surface area contributed by atoms with Crippen LogP contribution in [0.5, 0.6) is 0 Å². The summed E-state index contributed by atoms with van der Waals surface area (Å²) in [5.41, 5.74) is 12.9. The van der Waals surface area contributed by atoms with Gasteiger partial charge in [-0.25, -0.2) is 0 Å². The number of amides is 2. The highest BCUT2D eigenvalue weighted by atomic mass is 35.5. The van der Waals surface area contributed by atoms with Crippen LogP contribution in [0.25, 0.3) is 5.70 Å². The first-order valence-electron chi connectivity index (χ1n) is 8.19. The Kier molecular flexibility index (Phi) is 9.33. The number of carbonyl (C=O) groups is 2. The fourth-order valence-electron chi connectivity index (χ4n) is 1.96. The van der Waals surface area contributed by atoms with E-state index in [9.17, 15) is 9.59 Å². The molecule has 0 bridgehead atoms. The van der Waals surface area contributed by atoms with Gasteiger partial charge in [0.15, 0.2) is 0 Å². The van der Waals surface area contributed by atoms with E-state index < -0.39 is 11.8 Å². The SMILES string of the molecule is Cc1ccc(/C(N)=C(/C=N)C(=O)NCCC(N)=O)cc1.Clc1ccccc1. The summed E-state index contributed by atoms with van der Waals surface area (Å²) in [6.45, 7) is 2.06. The Morgan fingerprint density at radius 2 is 1.67 bits per heavy atom. The number of aryl methyl sites for hydroxylation is 1. The van der Waals surface area contributed by atoms with Gasteiger partial charge < -0.3 is 22.2 Å². The summed E-state index contributed by atoms with van der Waals surface area (Å²) in [6, 6.07) is 16.7. The van der Waals surface area contributed by atoms with Gasteiger partial charge in [-0.15, -0.1) is 0 Å². The second-order valence-corrected chi connectivity index (χ2v) is 6.04. The molecule has 0 aliphatic heterocycles. The predicted molar refractivity (Wildman–Crippen MR) is 109 cm³/mol. The Bertz CT molecular complexity index is 802. The Balaban J connectivity index is 0.000000433. The lowest BCUT2D eigenvalue weighted by molar-refractivity contribution is -0.118. The molecule has 0 aliphatic rings. The van der Waals surface area contributed by atoms with E-state index in [1.165, 1.54) is 0 Å². The monoisotopic (exact) mass is 386 g/mol. The molecule has 2 aromatic rings. The van der Waals surface area contributed by atoms with E-state index in [1.807, 2.05) is 49.4 Å². The van der Waals surface area contributed by atoms with Gasteiger partial charge in [0.1, 0.15) is 0 Å². The van der Waals surface area contributed by atoms with Crippen LogP contribution in [0.1, 0.15) is 17.5 Å². The lowest BCUT2D eigenvalue weighted by atomic mass is 10.1. The van der Waals surface area contributed by atoms with Crippen LogP contribution < -0.4 is 16.8 Å². The summed E-state index contributed by atoms with van der Waals surface area (Å²) < 4.78 is 0. The molecule has 142 valence electrons. The molecule has 6 N–H and O–H groups in total. The zero-order valence-corrected chi connectivity index (χ0v) is 15.8. The summed E-state index contributed by atoms with van der Waals surface area (Å²) >= 11 is 5.54. The van der Waals surface area contributed by atoms with Gasteiger partial charge in [-0.3, -0.25) is 9.59 Å². The van der Waals surface area contributed by atoms with Crippen LogP contribution in [0.3, 0.4) is 0 Å². The molecule has 0 saturated heterocycles. The molecule has 2 aromatic carbocycles. The molecule has 2 amide bonds. The molecule has 2 rings (SSSR count). The minimum absolute atomic E-state index is 0.0431. The van der Waals surface area contributed by atoms with Crippen LogP contribution in [0.15, 0.2) is 60.2 Å². The zero-order valence-electron chi connectivity index (χ0n) is 15.0. The van der Waals surface area contributed by atoms with Gasteiger partial charge in [0.2, 0.25) is 5.91 Å². The van der Waals surface area contributed by atoms with Crippen LogP contribution in [-0.4, -0.2) is 24.6 Å². The first-order chi connectivity index (χ1) is 12.8. The highest BCUT2D eigenvalue weighted by molar-refractivity contribution is 6.30. The maximum absolute atomic E-state index is 11.9. The number of carbonyl (C=O) groups excluding carboxylic acids is 2. The van der Waals surface area contributed by atoms with Gasteiger partial charge >= 0.3 is 0 Å². The van der Waals surface area contributed by atoms with Gasteiger partial charge in [-0.2, -0.15) is 0 Å². The third kappa shape index (κ3) is 8.20. The van der Waals surface area contributed by atoms with E-state index in [1.54, 1.807) is 12.1 Å². The largest absolute Gasteiger partial charge is 0.398 e. The first-order valence-corrected chi connectivity index (χ1v) is 8.57. The highest BCUT2D eigenvalue weighted by Gasteiger charge is 2.12. The van der Waals surface area contributed by atoms with Crippen molar-refractivity contribution in [3.63, 3.8) is 0 Å². The molecule has 6 nitrogen and oxygen atoms in total. The van der Waals surface area contributed by atoms with Gasteiger partial charge in [-0.05, 0) is 24.6 Å². The van der Waals surface area contributed by atoms with E-state index in [2.05, 4.69) is 5.32 Å². The number of primary amides is 1. The zero-order chi connectivity index (χ0) is 20.2. The third-order valence-electron chi connectivity index (χ3n) is 3.43. The van der Waals surface area contributed by atoms with E-state index in [-0.39, 0.29) is 24.2 Å². The number of nitrogens with one attached hydrogen (secondary N) is 2. The average molecular weight is 387 g/mol. The summed E-state index contributed by atoms with van der Waals surface area (Å²) in [5.74, 6) is -1.00. The predicted octanol–water partition coefficient (Wildman–Crippen LogP) is 2.65. The van der Waals surface area contributed by atoms with Crippen molar-refractivity contribution in [2.24, 2.45) is 11.5 Å². The van der Waals surface area contributed by atoms with Gasteiger partial charge in [0, 0.05) is 24.2 Å².